The molecule has 1 rings (SSSR count). The lowest BCUT2D eigenvalue weighted by atomic mass is 9.95. The van der Waals surface area contributed by atoms with Crippen molar-refractivity contribution in [3.63, 3.8) is 0 Å². The minimum Gasteiger partial charge on any atom is -0.497 e. The van der Waals surface area contributed by atoms with Crippen molar-refractivity contribution in [2.45, 2.75) is 20.8 Å². The molecule has 0 aliphatic heterocycles. The first-order chi connectivity index (χ1) is 8.24. The van der Waals surface area contributed by atoms with Crippen LogP contribution in [0.25, 0.3) is 0 Å². The maximum atomic E-state index is 5.77. The van der Waals surface area contributed by atoms with Crippen LogP contribution < -0.4 is 15.4 Å². The van der Waals surface area contributed by atoms with Crippen LogP contribution in [0, 0.1) is 5.41 Å². The summed E-state index contributed by atoms with van der Waals surface area (Å²) in [6.07, 6.45) is 0. The van der Waals surface area contributed by atoms with E-state index in [1.54, 1.807) is 7.11 Å². The molecule has 2 N–H and O–H groups in total. The highest BCUT2D eigenvalue weighted by Gasteiger charge is 2.17. The second-order valence-corrected chi connectivity index (χ2v) is 6.10. The Kier molecular flexibility index (Phi) is 4.57. The van der Waals surface area contributed by atoms with Crippen molar-refractivity contribution in [1.29, 1.82) is 0 Å². The van der Waals surface area contributed by atoms with Gasteiger partial charge in [0.1, 0.15) is 10.7 Å². The van der Waals surface area contributed by atoms with Crippen molar-refractivity contribution >= 4 is 22.9 Å². The van der Waals surface area contributed by atoms with E-state index in [1.165, 1.54) is 0 Å². The Morgan fingerprint density at radius 2 is 2.00 bits per heavy atom. The quantitative estimate of drug-likeness (QED) is 0.851. The SMILES string of the molecule is COc1ccc(C(N)=S)c(N(C)CC(C)(C)C)c1. The van der Waals surface area contributed by atoms with Gasteiger partial charge in [-0.3, -0.25) is 0 Å². The number of ether oxygens (including phenoxy) is 1. The van der Waals surface area contributed by atoms with Crippen molar-refractivity contribution in [2.75, 3.05) is 25.6 Å². The number of thiocarbonyl (C=S) groups is 1. The number of nitrogens with zero attached hydrogens (tertiary/aromatic N) is 1. The molecular formula is C14H22N2OS. The van der Waals surface area contributed by atoms with Crippen LogP contribution in [0.15, 0.2) is 18.2 Å². The van der Waals surface area contributed by atoms with E-state index in [9.17, 15) is 0 Å². The van der Waals surface area contributed by atoms with Crippen LogP contribution in [0.2, 0.25) is 0 Å². The molecule has 0 spiro atoms. The molecule has 100 valence electrons. The lowest BCUT2D eigenvalue weighted by molar-refractivity contribution is 0.411. The van der Waals surface area contributed by atoms with Gasteiger partial charge in [-0.05, 0) is 17.5 Å². The summed E-state index contributed by atoms with van der Waals surface area (Å²) in [7, 11) is 3.70. The number of anilines is 1. The Hall–Kier alpha value is -1.29. The molecule has 0 amide bonds. The van der Waals surface area contributed by atoms with Gasteiger partial charge >= 0.3 is 0 Å². The molecule has 0 aromatic heterocycles. The van der Waals surface area contributed by atoms with E-state index >= 15 is 0 Å². The van der Waals surface area contributed by atoms with Crippen LogP contribution >= 0.6 is 12.2 Å². The van der Waals surface area contributed by atoms with Gasteiger partial charge in [0, 0.05) is 25.2 Å². The zero-order chi connectivity index (χ0) is 13.9. The normalized spacial score (nSPS) is 11.2. The van der Waals surface area contributed by atoms with E-state index in [4.69, 9.17) is 22.7 Å². The Bertz CT molecular complexity index is 438. The molecule has 0 saturated heterocycles. The number of hydrogen-bond donors (Lipinski definition) is 1. The monoisotopic (exact) mass is 266 g/mol. The third kappa shape index (κ3) is 3.88. The standard InChI is InChI=1S/C14H22N2OS/c1-14(2,3)9-16(4)12-8-10(17-5)6-7-11(12)13(15)18/h6-8H,9H2,1-5H3,(H2,15,18). The maximum Gasteiger partial charge on any atom is 0.120 e. The summed E-state index contributed by atoms with van der Waals surface area (Å²) in [5, 5.41) is 0. The molecule has 0 heterocycles. The van der Waals surface area contributed by atoms with Gasteiger partial charge in [0.25, 0.3) is 0 Å². The smallest absolute Gasteiger partial charge is 0.120 e. The summed E-state index contributed by atoms with van der Waals surface area (Å²) in [4.78, 5) is 2.57. The average Bonchev–Trinajstić information content (AvgIpc) is 2.25. The lowest BCUT2D eigenvalue weighted by Gasteiger charge is -2.30. The Morgan fingerprint density at radius 3 is 2.44 bits per heavy atom. The van der Waals surface area contributed by atoms with E-state index in [1.807, 2.05) is 25.2 Å². The topological polar surface area (TPSA) is 38.5 Å². The van der Waals surface area contributed by atoms with E-state index < -0.39 is 0 Å². The highest BCUT2D eigenvalue weighted by atomic mass is 32.1. The van der Waals surface area contributed by atoms with Crippen molar-refractivity contribution in [2.24, 2.45) is 11.1 Å². The number of nitrogens with two attached hydrogens (primary N) is 1. The molecule has 0 aliphatic rings. The van der Waals surface area contributed by atoms with Crippen LogP contribution in [0.3, 0.4) is 0 Å². The summed E-state index contributed by atoms with van der Waals surface area (Å²) < 4.78 is 5.26. The fourth-order valence-electron chi connectivity index (χ4n) is 1.96. The number of benzene rings is 1. The third-order valence-corrected chi connectivity index (χ3v) is 2.81. The maximum absolute atomic E-state index is 5.77. The second-order valence-electron chi connectivity index (χ2n) is 5.66. The molecule has 1 aromatic rings. The number of hydrogen-bond acceptors (Lipinski definition) is 3. The first-order valence-corrected chi connectivity index (χ1v) is 6.34. The second kappa shape index (κ2) is 5.57. The van der Waals surface area contributed by atoms with Crippen LogP contribution in [0.1, 0.15) is 26.3 Å². The highest BCUT2D eigenvalue weighted by molar-refractivity contribution is 7.80. The minimum atomic E-state index is 0.200. The van der Waals surface area contributed by atoms with Gasteiger partial charge in [0.05, 0.1) is 12.8 Å². The van der Waals surface area contributed by atoms with Gasteiger partial charge in [0.15, 0.2) is 0 Å². The first-order valence-electron chi connectivity index (χ1n) is 5.93. The van der Waals surface area contributed by atoms with Crippen molar-refractivity contribution in [3.05, 3.63) is 23.8 Å². The third-order valence-electron chi connectivity index (χ3n) is 2.59. The molecule has 18 heavy (non-hydrogen) atoms. The van der Waals surface area contributed by atoms with Crippen LogP contribution in [-0.4, -0.2) is 25.7 Å². The van der Waals surface area contributed by atoms with Crippen LogP contribution in [0.4, 0.5) is 5.69 Å². The molecule has 4 heteroatoms. The fourth-order valence-corrected chi connectivity index (χ4v) is 2.13. The van der Waals surface area contributed by atoms with E-state index in [2.05, 4.69) is 25.7 Å². The van der Waals surface area contributed by atoms with Gasteiger partial charge in [-0.25, -0.2) is 0 Å². The Labute approximate surface area is 115 Å². The molecule has 0 atom stereocenters. The van der Waals surface area contributed by atoms with Gasteiger partial charge in [-0.2, -0.15) is 0 Å². The Morgan fingerprint density at radius 1 is 1.39 bits per heavy atom. The molecular weight excluding hydrogens is 244 g/mol. The molecule has 0 saturated carbocycles. The summed E-state index contributed by atoms with van der Waals surface area (Å²) in [5.41, 5.74) is 7.87. The van der Waals surface area contributed by atoms with Gasteiger partial charge < -0.3 is 15.4 Å². The predicted octanol–water partition coefficient (Wildman–Crippen LogP) is 2.81. The van der Waals surface area contributed by atoms with Gasteiger partial charge in [0.2, 0.25) is 0 Å². The molecule has 0 aliphatic carbocycles. The van der Waals surface area contributed by atoms with Gasteiger partial charge in [-0.15, -0.1) is 0 Å². The van der Waals surface area contributed by atoms with Crippen molar-refractivity contribution in [3.8, 4) is 5.75 Å². The molecule has 3 nitrogen and oxygen atoms in total. The van der Waals surface area contributed by atoms with E-state index in [-0.39, 0.29) is 5.41 Å². The van der Waals surface area contributed by atoms with Crippen molar-refractivity contribution < 1.29 is 4.74 Å². The molecule has 1 aromatic carbocycles. The predicted molar refractivity (Wildman–Crippen MR) is 81.6 cm³/mol. The first kappa shape index (κ1) is 14.8. The largest absolute Gasteiger partial charge is 0.497 e. The van der Waals surface area contributed by atoms with Gasteiger partial charge in [-0.1, -0.05) is 33.0 Å². The van der Waals surface area contributed by atoms with E-state index in [0.29, 0.717) is 4.99 Å². The number of methoxy groups -OCH3 is 1. The summed E-state index contributed by atoms with van der Waals surface area (Å²) >= 11 is 5.10. The zero-order valence-electron chi connectivity index (χ0n) is 11.8. The lowest BCUT2D eigenvalue weighted by Crippen LogP contribution is -2.30. The Balaban J connectivity index is 3.14. The van der Waals surface area contributed by atoms with Crippen LogP contribution in [-0.2, 0) is 0 Å². The molecule has 0 radical (unpaired) electrons. The fraction of sp³-hybridized carbons (Fsp3) is 0.500. The summed E-state index contributed by atoms with van der Waals surface area (Å²) in [6, 6.07) is 5.76. The minimum absolute atomic E-state index is 0.200. The number of rotatable bonds is 4. The summed E-state index contributed by atoms with van der Waals surface area (Å²) in [6.45, 7) is 7.51. The van der Waals surface area contributed by atoms with Crippen LogP contribution in [0.5, 0.6) is 5.75 Å². The average molecular weight is 266 g/mol. The zero-order valence-corrected chi connectivity index (χ0v) is 12.6. The molecule has 0 bridgehead atoms. The summed E-state index contributed by atoms with van der Waals surface area (Å²) in [5.74, 6) is 0.811. The van der Waals surface area contributed by atoms with E-state index in [0.717, 1.165) is 23.5 Å². The van der Waals surface area contributed by atoms with Crippen molar-refractivity contribution in [1.82, 2.24) is 0 Å². The highest BCUT2D eigenvalue weighted by Crippen LogP contribution is 2.28. The molecule has 0 fully saturated rings. The molecule has 0 unspecified atom stereocenters.